The van der Waals surface area contributed by atoms with Gasteiger partial charge in [-0.15, -0.1) is 0 Å². The molecule has 0 aromatic heterocycles. The fourth-order valence-electron chi connectivity index (χ4n) is 2.15. The van der Waals surface area contributed by atoms with Gasteiger partial charge in [-0.3, -0.25) is 4.79 Å². The second-order valence-corrected chi connectivity index (χ2v) is 5.72. The lowest BCUT2D eigenvalue weighted by Crippen LogP contribution is -2.19. The minimum Gasteiger partial charge on any atom is -0.385 e. The maximum atomic E-state index is 13.0. The van der Waals surface area contributed by atoms with Crippen molar-refractivity contribution in [3.05, 3.63) is 58.6 Å². The molecule has 1 amide bonds. The fourth-order valence-corrected chi connectivity index (χ4v) is 2.32. The molecular weight excluding hydrogens is 341 g/mol. The van der Waals surface area contributed by atoms with Gasteiger partial charge < -0.3 is 10.6 Å². The normalized spacial score (nSPS) is 11.2. The lowest BCUT2D eigenvalue weighted by molar-refractivity contribution is -0.137. The third kappa shape index (κ3) is 5.16. The van der Waals surface area contributed by atoms with Gasteiger partial charge in [0, 0.05) is 23.7 Å². The molecule has 0 unspecified atom stereocenters. The number of hydrogen-bond donors (Lipinski definition) is 2. The van der Waals surface area contributed by atoms with Crippen molar-refractivity contribution in [1.29, 1.82) is 0 Å². The summed E-state index contributed by atoms with van der Waals surface area (Å²) in [5.41, 5.74) is 0.660. The Labute approximate surface area is 142 Å². The molecule has 0 atom stereocenters. The van der Waals surface area contributed by atoms with Crippen LogP contribution in [-0.2, 0) is 11.0 Å². The van der Waals surface area contributed by atoms with Crippen LogP contribution >= 0.6 is 11.6 Å². The van der Waals surface area contributed by atoms with Gasteiger partial charge in [0.2, 0.25) is 5.91 Å². The number of benzene rings is 2. The molecule has 7 heteroatoms. The SMILES string of the molecule is Cc1cccc(NCCC(=O)Nc2ccc(Cl)cc2C(F)(F)F)c1. The first-order chi connectivity index (χ1) is 11.3. The Balaban J connectivity index is 1.95. The number of hydrogen-bond acceptors (Lipinski definition) is 2. The summed E-state index contributed by atoms with van der Waals surface area (Å²) in [6, 6.07) is 10.8. The Morgan fingerprint density at radius 1 is 1.17 bits per heavy atom. The second-order valence-electron chi connectivity index (χ2n) is 5.28. The molecule has 0 aliphatic carbocycles. The first-order valence-corrected chi connectivity index (χ1v) is 7.60. The molecule has 0 spiro atoms. The first-order valence-electron chi connectivity index (χ1n) is 7.23. The number of rotatable bonds is 5. The summed E-state index contributed by atoms with van der Waals surface area (Å²) in [6.07, 6.45) is -4.55. The van der Waals surface area contributed by atoms with Crippen molar-refractivity contribution >= 4 is 28.9 Å². The number of aryl methyl sites for hydroxylation is 1. The largest absolute Gasteiger partial charge is 0.418 e. The van der Waals surface area contributed by atoms with Crippen LogP contribution in [0.3, 0.4) is 0 Å². The van der Waals surface area contributed by atoms with Gasteiger partial charge in [-0.25, -0.2) is 0 Å². The Kier molecular flexibility index (Phi) is 5.72. The Hall–Kier alpha value is -2.21. The van der Waals surface area contributed by atoms with Crippen molar-refractivity contribution in [2.24, 2.45) is 0 Å². The molecule has 2 N–H and O–H groups in total. The van der Waals surface area contributed by atoms with Gasteiger partial charge in [-0.05, 0) is 42.8 Å². The Bertz CT molecular complexity index is 732. The zero-order chi connectivity index (χ0) is 17.7. The van der Waals surface area contributed by atoms with Crippen LogP contribution in [0.4, 0.5) is 24.5 Å². The summed E-state index contributed by atoms with van der Waals surface area (Å²) in [7, 11) is 0. The molecular formula is C17H16ClF3N2O. The number of nitrogens with one attached hydrogen (secondary N) is 2. The van der Waals surface area contributed by atoms with Crippen molar-refractivity contribution in [3.8, 4) is 0 Å². The van der Waals surface area contributed by atoms with Crippen LogP contribution in [0.1, 0.15) is 17.5 Å². The maximum Gasteiger partial charge on any atom is 0.418 e. The van der Waals surface area contributed by atoms with E-state index in [0.29, 0.717) is 6.54 Å². The van der Waals surface area contributed by atoms with E-state index in [1.807, 2.05) is 31.2 Å². The quantitative estimate of drug-likeness (QED) is 0.781. The Morgan fingerprint density at radius 2 is 1.92 bits per heavy atom. The van der Waals surface area contributed by atoms with Crippen molar-refractivity contribution in [1.82, 2.24) is 0 Å². The Morgan fingerprint density at radius 3 is 2.58 bits per heavy atom. The third-order valence-corrected chi connectivity index (χ3v) is 3.50. The van der Waals surface area contributed by atoms with E-state index in [2.05, 4.69) is 10.6 Å². The van der Waals surface area contributed by atoms with Crippen LogP contribution in [-0.4, -0.2) is 12.5 Å². The first kappa shape index (κ1) is 18.1. The summed E-state index contributed by atoms with van der Waals surface area (Å²) >= 11 is 5.60. The topological polar surface area (TPSA) is 41.1 Å². The highest BCUT2D eigenvalue weighted by atomic mass is 35.5. The van der Waals surface area contributed by atoms with Gasteiger partial charge in [-0.2, -0.15) is 13.2 Å². The van der Waals surface area contributed by atoms with Gasteiger partial charge in [0.15, 0.2) is 0 Å². The number of alkyl halides is 3. The zero-order valence-corrected chi connectivity index (χ0v) is 13.6. The van der Waals surface area contributed by atoms with Gasteiger partial charge in [0.05, 0.1) is 11.3 Å². The minimum atomic E-state index is -4.59. The molecule has 0 bridgehead atoms. The van der Waals surface area contributed by atoms with E-state index in [-0.39, 0.29) is 17.1 Å². The van der Waals surface area contributed by atoms with Gasteiger partial charge in [-0.1, -0.05) is 23.7 Å². The standard InChI is InChI=1S/C17H16ClF3N2O/c1-11-3-2-4-13(9-11)22-8-7-16(24)23-15-6-5-12(18)10-14(15)17(19,20)21/h2-6,9-10,22H,7-8H2,1H3,(H,23,24). The highest BCUT2D eigenvalue weighted by Gasteiger charge is 2.34. The molecule has 0 radical (unpaired) electrons. The maximum absolute atomic E-state index is 13.0. The molecule has 0 saturated carbocycles. The molecule has 0 fully saturated rings. The molecule has 2 aromatic carbocycles. The van der Waals surface area contributed by atoms with Crippen molar-refractivity contribution in [3.63, 3.8) is 0 Å². The second kappa shape index (κ2) is 7.57. The molecule has 0 saturated heterocycles. The fraction of sp³-hybridized carbons (Fsp3) is 0.235. The van der Waals surface area contributed by atoms with E-state index in [9.17, 15) is 18.0 Å². The summed E-state index contributed by atoms with van der Waals surface area (Å²) in [6.45, 7) is 2.25. The van der Waals surface area contributed by atoms with Crippen molar-refractivity contribution in [2.75, 3.05) is 17.2 Å². The smallest absolute Gasteiger partial charge is 0.385 e. The van der Waals surface area contributed by atoms with Crippen LogP contribution in [0.2, 0.25) is 5.02 Å². The summed E-state index contributed by atoms with van der Waals surface area (Å²) in [4.78, 5) is 11.9. The van der Waals surface area contributed by atoms with E-state index >= 15 is 0 Å². The van der Waals surface area contributed by atoms with E-state index in [4.69, 9.17) is 11.6 Å². The predicted molar refractivity (Wildman–Crippen MR) is 89.4 cm³/mol. The highest BCUT2D eigenvalue weighted by Crippen LogP contribution is 2.36. The molecule has 0 aliphatic heterocycles. The number of halogens is 4. The minimum absolute atomic E-state index is 0.0356. The van der Waals surface area contributed by atoms with Crippen LogP contribution in [0.15, 0.2) is 42.5 Å². The molecule has 128 valence electrons. The van der Waals surface area contributed by atoms with Crippen LogP contribution in [0.25, 0.3) is 0 Å². The molecule has 24 heavy (non-hydrogen) atoms. The monoisotopic (exact) mass is 356 g/mol. The van der Waals surface area contributed by atoms with Crippen LogP contribution < -0.4 is 10.6 Å². The average molecular weight is 357 g/mol. The number of anilines is 2. The van der Waals surface area contributed by atoms with Gasteiger partial charge in [0.1, 0.15) is 0 Å². The molecule has 2 rings (SSSR count). The number of amides is 1. The van der Waals surface area contributed by atoms with Gasteiger partial charge in [0.25, 0.3) is 0 Å². The molecule has 0 aliphatic rings. The van der Waals surface area contributed by atoms with E-state index in [1.165, 1.54) is 6.07 Å². The predicted octanol–water partition coefficient (Wildman–Crippen LogP) is 5.11. The summed E-state index contributed by atoms with van der Waals surface area (Å²) < 4.78 is 38.9. The molecule has 3 nitrogen and oxygen atoms in total. The van der Waals surface area contributed by atoms with E-state index in [1.54, 1.807) is 0 Å². The highest BCUT2D eigenvalue weighted by molar-refractivity contribution is 6.30. The lowest BCUT2D eigenvalue weighted by Gasteiger charge is -2.14. The lowest BCUT2D eigenvalue weighted by atomic mass is 10.1. The van der Waals surface area contributed by atoms with E-state index in [0.717, 1.165) is 23.4 Å². The van der Waals surface area contributed by atoms with Crippen LogP contribution in [0, 0.1) is 6.92 Å². The molecule has 0 heterocycles. The van der Waals surface area contributed by atoms with Gasteiger partial charge >= 0.3 is 6.18 Å². The zero-order valence-electron chi connectivity index (χ0n) is 12.9. The number of carbonyl (C=O) groups is 1. The summed E-state index contributed by atoms with van der Waals surface area (Å²) in [5, 5.41) is 5.30. The van der Waals surface area contributed by atoms with Crippen LogP contribution in [0.5, 0.6) is 0 Å². The van der Waals surface area contributed by atoms with Crippen molar-refractivity contribution < 1.29 is 18.0 Å². The third-order valence-electron chi connectivity index (χ3n) is 3.26. The summed E-state index contributed by atoms with van der Waals surface area (Å²) in [5.74, 6) is -0.511. The van der Waals surface area contributed by atoms with Crippen molar-refractivity contribution in [2.45, 2.75) is 19.5 Å². The number of carbonyl (C=O) groups excluding carboxylic acids is 1. The molecule has 2 aromatic rings. The van der Waals surface area contributed by atoms with E-state index < -0.39 is 17.6 Å². The average Bonchev–Trinajstić information content (AvgIpc) is 2.48.